The minimum Gasteiger partial charge on any atom is -0.326 e. The maximum Gasteiger partial charge on any atom is 0.227 e. The second kappa shape index (κ2) is 7.07. The van der Waals surface area contributed by atoms with Crippen molar-refractivity contribution in [2.24, 2.45) is 5.92 Å². The van der Waals surface area contributed by atoms with Crippen molar-refractivity contribution in [2.45, 2.75) is 33.1 Å². The normalized spacial score (nSPS) is 20.4. The summed E-state index contributed by atoms with van der Waals surface area (Å²) in [7, 11) is 0. The molecule has 1 aliphatic rings. The van der Waals surface area contributed by atoms with Gasteiger partial charge in [0, 0.05) is 13.0 Å². The second-order valence-corrected chi connectivity index (χ2v) is 5.16. The summed E-state index contributed by atoms with van der Waals surface area (Å²) in [5.74, 6) is 0.332. The zero-order valence-electron chi connectivity index (χ0n) is 13.0. The molecule has 0 aromatic heterocycles. The van der Waals surface area contributed by atoms with Gasteiger partial charge in [-0.15, -0.1) is 0 Å². The molecule has 2 atom stereocenters. The van der Waals surface area contributed by atoms with Crippen LogP contribution in [0.4, 0.5) is 5.69 Å². The van der Waals surface area contributed by atoms with Gasteiger partial charge in [0.05, 0.1) is 0 Å². The van der Waals surface area contributed by atoms with Crippen LogP contribution in [0.15, 0.2) is 54.6 Å². The van der Waals surface area contributed by atoms with Gasteiger partial charge >= 0.3 is 0 Å². The van der Waals surface area contributed by atoms with Crippen LogP contribution >= 0.6 is 0 Å². The van der Waals surface area contributed by atoms with Crippen molar-refractivity contribution in [1.29, 1.82) is 0 Å². The summed E-state index contributed by atoms with van der Waals surface area (Å²) in [5, 5.41) is 3.03. The molecule has 21 heavy (non-hydrogen) atoms. The van der Waals surface area contributed by atoms with E-state index in [1.54, 1.807) is 0 Å². The molecule has 0 fully saturated rings. The average Bonchev–Trinajstić information content (AvgIpc) is 2.68. The molecule has 1 aliphatic heterocycles. The lowest BCUT2D eigenvalue weighted by molar-refractivity contribution is -0.119. The molecular formula is C19H25NO. The third-order valence-electron chi connectivity index (χ3n) is 3.96. The minimum atomic E-state index is -0.0187. The lowest BCUT2D eigenvalue weighted by Gasteiger charge is -2.20. The number of carbonyl (C=O) groups is 1. The average molecular weight is 283 g/mol. The molecule has 2 unspecified atom stereocenters. The summed E-state index contributed by atoms with van der Waals surface area (Å²) in [4.78, 5) is 12.2. The van der Waals surface area contributed by atoms with E-state index in [-0.39, 0.29) is 19.2 Å². The molecule has 2 aromatic rings. The number of hydrogen-bond acceptors (Lipinski definition) is 1. The molecule has 0 saturated carbocycles. The number of para-hydroxylation sites is 1. The van der Waals surface area contributed by atoms with Gasteiger partial charge in [0.25, 0.3) is 0 Å². The molecule has 1 N–H and O–H groups in total. The van der Waals surface area contributed by atoms with Crippen LogP contribution in [-0.4, -0.2) is 5.91 Å². The van der Waals surface area contributed by atoms with Gasteiger partial charge < -0.3 is 5.32 Å². The van der Waals surface area contributed by atoms with Gasteiger partial charge in [-0.2, -0.15) is 0 Å². The summed E-state index contributed by atoms with van der Waals surface area (Å²) in [6.45, 7) is 6.01. The van der Waals surface area contributed by atoms with E-state index in [1.807, 2.05) is 57.2 Å². The van der Waals surface area contributed by atoms with Crippen LogP contribution in [0.25, 0.3) is 0 Å². The predicted molar refractivity (Wildman–Crippen MR) is 90.6 cm³/mol. The Balaban J connectivity index is 0.000000775. The van der Waals surface area contributed by atoms with E-state index < -0.39 is 0 Å². The SMILES string of the molecule is CC.CC1C(=O)Nc2ccccc2CC1c1ccccc1.[HH]. The van der Waals surface area contributed by atoms with E-state index in [2.05, 4.69) is 23.5 Å². The molecule has 2 heteroatoms. The summed E-state index contributed by atoms with van der Waals surface area (Å²) in [5.41, 5.74) is 3.41. The first-order valence-corrected chi connectivity index (χ1v) is 7.69. The van der Waals surface area contributed by atoms with Crippen LogP contribution in [0.1, 0.15) is 39.2 Å². The highest BCUT2D eigenvalue weighted by atomic mass is 16.1. The number of nitrogens with one attached hydrogen (secondary N) is 1. The minimum absolute atomic E-state index is 0. The third-order valence-corrected chi connectivity index (χ3v) is 3.96. The Morgan fingerprint density at radius 3 is 2.33 bits per heavy atom. The van der Waals surface area contributed by atoms with Crippen molar-refractivity contribution in [3.05, 3.63) is 65.7 Å². The van der Waals surface area contributed by atoms with Gasteiger partial charge in [-0.05, 0) is 29.5 Å². The summed E-state index contributed by atoms with van der Waals surface area (Å²) in [6, 6.07) is 18.4. The number of benzene rings is 2. The first-order chi connectivity index (χ1) is 10.3. The standard InChI is InChI=1S/C17H17NO.C2H6.H2/c1-12-15(13-7-3-2-4-8-13)11-14-9-5-6-10-16(14)18-17(12)19;1-2;/h2-10,12,15H,11H2,1H3,(H,18,19);1-2H3;1H. The number of anilines is 1. The molecule has 112 valence electrons. The molecule has 0 radical (unpaired) electrons. The Labute approximate surface area is 128 Å². The Kier molecular flexibility index (Phi) is 5.15. The quantitative estimate of drug-likeness (QED) is 0.794. The first-order valence-electron chi connectivity index (χ1n) is 7.69. The van der Waals surface area contributed by atoms with Crippen LogP contribution < -0.4 is 5.32 Å². The highest BCUT2D eigenvalue weighted by molar-refractivity contribution is 5.94. The molecule has 1 amide bonds. The van der Waals surface area contributed by atoms with Gasteiger partial charge in [0.2, 0.25) is 5.91 Å². The number of carbonyl (C=O) groups excluding carboxylic acids is 1. The van der Waals surface area contributed by atoms with Crippen LogP contribution in [-0.2, 0) is 11.2 Å². The van der Waals surface area contributed by atoms with Crippen LogP contribution in [0.3, 0.4) is 0 Å². The molecule has 0 spiro atoms. The van der Waals surface area contributed by atoms with Gasteiger partial charge in [0.15, 0.2) is 0 Å². The van der Waals surface area contributed by atoms with Crippen molar-refractivity contribution < 1.29 is 6.22 Å². The third kappa shape index (κ3) is 3.33. The monoisotopic (exact) mass is 283 g/mol. The van der Waals surface area contributed by atoms with E-state index >= 15 is 0 Å². The lowest BCUT2D eigenvalue weighted by atomic mass is 9.83. The molecule has 2 aromatic carbocycles. The Morgan fingerprint density at radius 2 is 1.62 bits per heavy atom. The summed E-state index contributed by atoms with van der Waals surface area (Å²) >= 11 is 0. The topological polar surface area (TPSA) is 29.1 Å². The fourth-order valence-electron chi connectivity index (χ4n) is 2.77. The molecule has 2 nitrogen and oxygen atoms in total. The number of fused-ring (bicyclic) bond motifs is 1. The Hall–Kier alpha value is -2.09. The van der Waals surface area contributed by atoms with E-state index in [4.69, 9.17) is 0 Å². The van der Waals surface area contributed by atoms with Crippen molar-refractivity contribution in [3.63, 3.8) is 0 Å². The highest BCUT2D eigenvalue weighted by Crippen LogP contribution is 2.34. The zero-order valence-corrected chi connectivity index (χ0v) is 13.0. The fraction of sp³-hybridized carbons (Fsp3) is 0.316. The van der Waals surface area contributed by atoms with Crippen molar-refractivity contribution in [2.75, 3.05) is 5.32 Å². The van der Waals surface area contributed by atoms with Crippen LogP contribution in [0.5, 0.6) is 0 Å². The second-order valence-electron chi connectivity index (χ2n) is 5.16. The number of hydrogen-bond donors (Lipinski definition) is 1. The lowest BCUT2D eigenvalue weighted by Crippen LogP contribution is -2.24. The molecular weight excluding hydrogens is 258 g/mol. The van der Waals surface area contributed by atoms with Crippen LogP contribution in [0.2, 0.25) is 0 Å². The Bertz CT molecular complexity index is 597. The van der Waals surface area contributed by atoms with Gasteiger partial charge in [-0.1, -0.05) is 69.3 Å². The first kappa shape index (κ1) is 15.3. The maximum atomic E-state index is 12.2. The smallest absolute Gasteiger partial charge is 0.227 e. The number of amides is 1. The van der Waals surface area contributed by atoms with Crippen LogP contribution in [0, 0.1) is 5.92 Å². The Morgan fingerprint density at radius 1 is 1.00 bits per heavy atom. The van der Waals surface area contributed by atoms with E-state index in [1.165, 1.54) is 11.1 Å². The molecule has 0 aliphatic carbocycles. The summed E-state index contributed by atoms with van der Waals surface area (Å²) in [6.07, 6.45) is 0.903. The van der Waals surface area contributed by atoms with E-state index in [9.17, 15) is 4.79 Å². The molecule has 1 heterocycles. The van der Waals surface area contributed by atoms with Gasteiger partial charge in [-0.25, -0.2) is 0 Å². The zero-order chi connectivity index (χ0) is 15.2. The fourth-order valence-corrected chi connectivity index (χ4v) is 2.77. The molecule has 0 bridgehead atoms. The summed E-state index contributed by atoms with van der Waals surface area (Å²) < 4.78 is 0. The molecule has 3 rings (SSSR count). The van der Waals surface area contributed by atoms with E-state index in [0.29, 0.717) is 0 Å². The predicted octanol–water partition coefficient (Wildman–Crippen LogP) is 4.87. The van der Waals surface area contributed by atoms with Gasteiger partial charge in [0.1, 0.15) is 0 Å². The number of rotatable bonds is 1. The molecule has 0 saturated heterocycles. The van der Waals surface area contributed by atoms with Crippen molar-refractivity contribution in [3.8, 4) is 0 Å². The van der Waals surface area contributed by atoms with Gasteiger partial charge in [-0.3, -0.25) is 4.79 Å². The van der Waals surface area contributed by atoms with Crippen molar-refractivity contribution in [1.82, 2.24) is 0 Å². The van der Waals surface area contributed by atoms with E-state index in [0.717, 1.165) is 12.1 Å². The largest absolute Gasteiger partial charge is 0.326 e. The highest BCUT2D eigenvalue weighted by Gasteiger charge is 2.29. The van der Waals surface area contributed by atoms with Crippen molar-refractivity contribution >= 4 is 11.6 Å². The maximum absolute atomic E-state index is 12.2.